The van der Waals surface area contributed by atoms with Gasteiger partial charge in [0.25, 0.3) is 0 Å². The summed E-state index contributed by atoms with van der Waals surface area (Å²) in [6.07, 6.45) is 2.20. The monoisotopic (exact) mass is 298 g/mol. The molecule has 0 aliphatic carbocycles. The van der Waals surface area contributed by atoms with Crippen LogP contribution in [0.4, 0.5) is 0 Å². The second-order valence-electron chi connectivity index (χ2n) is 4.62. The lowest BCUT2D eigenvalue weighted by atomic mass is 10.2. The third kappa shape index (κ3) is 4.38. The van der Waals surface area contributed by atoms with E-state index in [1.807, 2.05) is 25.1 Å². The quantitative estimate of drug-likeness (QED) is 0.501. The van der Waals surface area contributed by atoms with Crippen molar-refractivity contribution in [1.82, 2.24) is 0 Å². The highest BCUT2D eigenvalue weighted by Gasteiger charge is 2.15. The van der Waals surface area contributed by atoms with Crippen molar-refractivity contribution >= 4 is 12.0 Å². The molecule has 2 aromatic carbocycles. The molecule has 0 bridgehead atoms. The third-order valence-corrected chi connectivity index (χ3v) is 2.83. The van der Waals surface area contributed by atoms with Gasteiger partial charge in [-0.3, -0.25) is 0 Å². The summed E-state index contributed by atoms with van der Waals surface area (Å²) >= 11 is 0. The van der Waals surface area contributed by atoms with Crippen molar-refractivity contribution in [2.45, 2.75) is 13.3 Å². The smallest absolute Gasteiger partial charge is 0.374 e. The number of esters is 1. The van der Waals surface area contributed by atoms with Crippen molar-refractivity contribution < 1.29 is 19.4 Å². The zero-order valence-electron chi connectivity index (χ0n) is 12.4. The highest BCUT2D eigenvalue weighted by molar-refractivity contribution is 5.92. The van der Waals surface area contributed by atoms with E-state index in [4.69, 9.17) is 9.47 Å². The fourth-order valence-electron chi connectivity index (χ4n) is 1.76. The normalized spacial score (nSPS) is 11.0. The molecule has 4 heteroatoms. The molecule has 0 unspecified atom stereocenters. The van der Waals surface area contributed by atoms with Crippen LogP contribution in [0, 0.1) is 0 Å². The topological polar surface area (TPSA) is 55.8 Å². The largest absolute Gasteiger partial charge is 0.507 e. The van der Waals surface area contributed by atoms with Crippen LogP contribution in [0.5, 0.6) is 11.5 Å². The lowest BCUT2D eigenvalue weighted by Gasteiger charge is -2.10. The lowest BCUT2D eigenvalue weighted by Crippen LogP contribution is -2.13. The maximum absolute atomic E-state index is 12.1. The average Bonchev–Trinajstić information content (AvgIpc) is 2.55. The van der Waals surface area contributed by atoms with Crippen LogP contribution >= 0.6 is 0 Å². The van der Waals surface area contributed by atoms with Crippen LogP contribution in [0.3, 0.4) is 0 Å². The van der Waals surface area contributed by atoms with Gasteiger partial charge in [0, 0.05) is 5.56 Å². The Hall–Kier alpha value is -2.75. The zero-order valence-corrected chi connectivity index (χ0v) is 12.4. The summed E-state index contributed by atoms with van der Waals surface area (Å²) in [6, 6.07) is 15.7. The molecule has 0 aromatic heterocycles. The van der Waals surface area contributed by atoms with E-state index in [1.165, 1.54) is 6.08 Å². The molecular weight excluding hydrogens is 280 g/mol. The number of ether oxygens (including phenoxy) is 2. The van der Waals surface area contributed by atoms with Gasteiger partial charge in [-0.1, -0.05) is 43.3 Å². The van der Waals surface area contributed by atoms with E-state index in [-0.39, 0.29) is 11.5 Å². The molecule has 0 saturated heterocycles. The molecule has 0 atom stereocenters. The summed E-state index contributed by atoms with van der Waals surface area (Å²) in [5, 5.41) is 9.83. The molecule has 0 aliphatic rings. The maximum Gasteiger partial charge on any atom is 0.374 e. The van der Waals surface area contributed by atoms with Crippen LogP contribution in [0.15, 0.2) is 60.4 Å². The van der Waals surface area contributed by atoms with Gasteiger partial charge in [0.2, 0.25) is 5.76 Å². The number of hydrogen-bond donors (Lipinski definition) is 1. The fourth-order valence-corrected chi connectivity index (χ4v) is 1.76. The number of carbonyl (C=O) groups is 1. The number of phenols is 1. The second-order valence-corrected chi connectivity index (χ2v) is 4.62. The van der Waals surface area contributed by atoms with Crippen molar-refractivity contribution in [3.05, 3.63) is 65.9 Å². The summed E-state index contributed by atoms with van der Waals surface area (Å²) in [6.45, 7) is 2.23. The molecule has 22 heavy (non-hydrogen) atoms. The Morgan fingerprint density at radius 2 is 1.77 bits per heavy atom. The minimum Gasteiger partial charge on any atom is -0.507 e. The molecule has 0 radical (unpaired) electrons. The molecule has 0 spiro atoms. The molecule has 2 aromatic rings. The summed E-state index contributed by atoms with van der Waals surface area (Å²) in [5.41, 5.74) is 0.488. The highest BCUT2D eigenvalue weighted by Crippen LogP contribution is 2.21. The molecule has 0 aliphatic heterocycles. The van der Waals surface area contributed by atoms with Crippen LogP contribution in [0.25, 0.3) is 6.08 Å². The van der Waals surface area contributed by atoms with Gasteiger partial charge in [-0.25, -0.2) is 4.79 Å². The lowest BCUT2D eigenvalue weighted by molar-refractivity contribution is -0.141. The minimum atomic E-state index is -0.561. The first-order valence-electron chi connectivity index (χ1n) is 7.10. The van der Waals surface area contributed by atoms with Crippen molar-refractivity contribution in [2.75, 3.05) is 6.61 Å². The van der Waals surface area contributed by atoms with Crippen molar-refractivity contribution in [2.24, 2.45) is 0 Å². The summed E-state index contributed by atoms with van der Waals surface area (Å²) < 4.78 is 10.7. The Morgan fingerprint density at radius 3 is 2.45 bits per heavy atom. The number of para-hydroxylation sites is 2. The van der Waals surface area contributed by atoms with Gasteiger partial charge in [-0.15, -0.1) is 0 Å². The van der Waals surface area contributed by atoms with E-state index in [1.54, 1.807) is 36.4 Å². The third-order valence-electron chi connectivity index (χ3n) is 2.83. The molecule has 0 heterocycles. The first kappa shape index (κ1) is 15.6. The van der Waals surface area contributed by atoms with E-state index in [0.717, 1.165) is 6.42 Å². The number of carbonyl (C=O) groups excluding carboxylic acids is 1. The number of benzene rings is 2. The van der Waals surface area contributed by atoms with Crippen molar-refractivity contribution in [1.29, 1.82) is 0 Å². The molecular formula is C18H18O4. The maximum atomic E-state index is 12.1. The SMILES string of the molecule is CCCOC(=O)C(=Cc1ccccc1O)Oc1ccccc1. The van der Waals surface area contributed by atoms with Crippen LogP contribution < -0.4 is 4.74 Å². The molecule has 4 nitrogen and oxygen atoms in total. The predicted molar refractivity (Wildman–Crippen MR) is 84.4 cm³/mol. The van der Waals surface area contributed by atoms with E-state index in [0.29, 0.717) is 17.9 Å². The molecule has 1 N–H and O–H groups in total. The average molecular weight is 298 g/mol. The Labute approximate surface area is 129 Å². The van der Waals surface area contributed by atoms with E-state index >= 15 is 0 Å². The number of rotatable bonds is 6. The van der Waals surface area contributed by atoms with Crippen LogP contribution in [-0.4, -0.2) is 17.7 Å². The summed E-state index contributed by atoms with van der Waals surface area (Å²) in [4.78, 5) is 12.1. The molecule has 0 fully saturated rings. The standard InChI is InChI=1S/C18H18O4/c1-2-12-21-18(20)17(22-15-9-4-3-5-10-15)13-14-8-6-7-11-16(14)19/h3-11,13,19H,2,12H2,1H3. The van der Waals surface area contributed by atoms with Gasteiger partial charge in [0.15, 0.2) is 0 Å². The van der Waals surface area contributed by atoms with E-state index in [9.17, 15) is 9.90 Å². The minimum absolute atomic E-state index is 0.0288. The van der Waals surface area contributed by atoms with Gasteiger partial charge in [-0.2, -0.15) is 0 Å². The Morgan fingerprint density at radius 1 is 1.09 bits per heavy atom. The Kier molecular flexibility index (Phi) is 5.60. The van der Waals surface area contributed by atoms with Crippen LogP contribution in [-0.2, 0) is 9.53 Å². The van der Waals surface area contributed by atoms with Crippen LogP contribution in [0.2, 0.25) is 0 Å². The van der Waals surface area contributed by atoms with Gasteiger partial charge >= 0.3 is 5.97 Å². The molecule has 114 valence electrons. The molecule has 2 rings (SSSR count). The van der Waals surface area contributed by atoms with Crippen LogP contribution in [0.1, 0.15) is 18.9 Å². The predicted octanol–water partition coefficient (Wildman–Crippen LogP) is 3.77. The number of aromatic hydroxyl groups is 1. The van der Waals surface area contributed by atoms with Gasteiger partial charge in [-0.05, 0) is 30.7 Å². The Bertz CT molecular complexity index is 647. The highest BCUT2D eigenvalue weighted by atomic mass is 16.6. The van der Waals surface area contributed by atoms with Gasteiger partial charge < -0.3 is 14.6 Å². The molecule has 0 saturated carbocycles. The zero-order chi connectivity index (χ0) is 15.8. The first-order valence-corrected chi connectivity index (χ1v) is 7.10. The van der Waals surface area contributed by atoms with E-state index < -0.39 is 5.97 Å². The van der Waals surface area contributed by atoms with Gasteiger partial charge in [0.1, 0.15) is 11.5 Å². The van der Waals surface area contributed by atoms with Crippen molar-refractivity contribution in [3.8, 4) is 11.5 Å². The summed E-state index contributed by atoms with van der Waals surface area (Å²) in [7, 11) is 0. The second kappa shape index (κ2) is 7.88. The number of phenolic OH excluding ortho intramolecular Hbond substituents is 1. The Balaban J connectivity index is 2.28. The van der Waals surface area contributed by atoms with E-state index in [2.05, 4.69) is 0 Å². The fraction of sp³-hybridized carbons (Fsp3) is 0.167. The summed E-state index contributed by atoms with van der Waals surface area (Å²) in [5.74, 6) is 0.0627. The van der Waals surface area contributed by atoms with Crippen molar-refractivity contribution in [3.63, 3.8) is 0 Å². The first-order chi connectivity index (χ1) is 10.7. The number of hydrogen-bond acceptors (Lipinski definition) is 4. The van der Waals surface area contributed by atoms with Gasteiger partial charge in [0.05, 0.1) is 6.61 Å². The molecule has 0 amide bonds.